The van der Waals surface area contributed by atoms with Crippen molar-refractivity contribution in [1.82, 2.24) is 0 Å². The van der Waals surface area contributed by atoms with Gasteiger partial charge in [-0.2, -0.15) is 0 Å². The van der Waals surface area contributed by atoms with Crippen LogP contribution in [0.15, 0.2) is 12.1 Å². The van der Waals surface area contributed by atoms with Crippen LogP contribution in [0.2, 0.25) is 0 Å². The SMILES string of the molecule is [C]#Cc1cc(F)cc(F)c1F. The molecule has 1 aromatic carbocycles. The fourth-order valence-corrected chi connectivity index (χ4v) is 0.647. The first-order chi connectivity index (χ1) is 5.15. The highest BCUT2D eigenvalue weighted by molar-refractivity contribution is 5.32. The maximum Gasteiger partial charge on any atom is 0.174 e. The Labute approximate surface area is 61.7 Å². The molecular formula is C8H2F3. The molecule has 0 nitrogen and oxygen atoms in total. The summed E-state index contributed by atoms with van der Waals surface area (Å²) in [6, 6.07) is 1.11. The average molecular weight is 155 g/mol. The zero-order chi connectivity index (χ0) is 8.43. The van der Waals surface area contributed by atoms with E-state index in [1.165, 1.54) is 0 Å². The normalized spacial score (nSPS) is 9.27. The molecule has 0 bridgehead atoms. The van der Waals surface area contributed by atoms with Gasteiger partial charge in [0.15, 0.2) is 11.6 Å². The summed E-state index contributed by atoms with van der Waals surface area (Å²) in [6.07, 6.45) is 6.45. The van der Waals surface area contributed by atoms with Crippen molar-refractivity contribution in [2.24, 2.45) is 0 Å². The zero-order valence-electron chi connectivity index (χ0n) is 5.29. The highest BCUT2D eigenvalue weighted by Crippen LogP contribution is 2.12. The van der Waals surface area contributed by atoms with Crippen LogP contribution in [0.5, 0.6) is 0 Å². The molecule has 0 spiro atoms. The van der Waals surface area contributed by atoms with E-state index < -0.39 is 23.0 Å². The van der Waals surface area contributed by atoms with Crippen molar-refractivity contribution >= 4 is 0 Å². The highest BCUT2D eigenvalue weighted by Gasteiger charge is 2.08. The monoisotopic (exact) mass is 155 g/mol. The topological polar surface area (TPSA) is 0 Å². The van der Waals surface area contributed by atoms with Gasteiger partial charge in [-0.1, -0.05) is 0 Å². The molecule has 1 radical (unpaired) electrons. The number of rotatable bonds is 0. The van der Waals surface area contributed by atoms with E-state index in [-0.39, 0.29) is 0 Å². The Bertz CT molecular complexity index is 323. The van der Waals surface area contributed by atoms with Gasteiger partial charge in [-0.05, 0) is 18.4 Å². The molecule has 0 aliphatic heterocycles. The number of halogens is 3. The molecule has 0 saturated carbocycles. The van der Waals surface area contributed by atoms with Crippen LogP contribution in [0, 0.1) is 29.8 Å². The standard InChI is InChI=1S/C8H2F3/c1-2-5-3-6(9)4-7(10)8(5)11/h3-4H. The molecule has 0 aliphatic rings. The van der Waals surface area contributed by atoms with Gasteiger partial charge in [-0.25, -0.2) is 13.2 Å². The predicted molar refractivity (Wildman–Crippen MR) is 32.5 cm³/mol. The van der Waals surface area contributed by atoms with Crippen LogP contribution >= 0.6 is 0 Å². The highest BCUT2D eigenvalue weighted by atomic mass is 19.2. The first kappa shape index (κ1) is 7.67. The van der Waals surface area contributed by atoms with Gasteiger partial charge in [0.2, 0.25) is 0 Å². The summed E-state index contributed by atoms with van der Waals surface area (Å²) in [5.74, 6) is -1.90. The number of benzene rings is 1. The molecule has 1 rings (SSSR count). The second kappa shape index (κ2) is 2.67. The second-order valence-electron chi connectivity index (χ2n) is 1.87. The molecule has 0 saturated heterocycles. The molecule has 0 heterocycles. The molecular weight excluding hydrogens is 153 g/mol. The summed E-state index contributed by atoms with van der Waals surface area (Å²) in [5.41, 5.74) is -0.512. The van der Waals surface area contributed by atoms with Crippen molar-refractivity contribution in [3.63, 3.8) is 0 Å². The molecule has 0 aromatic heterocycles. The van der Waals surface area contributed by atoms with Crippen molar-refractivity contribution < 1.29 is 13.2 Å². The van der Waals surface area contributed by atoms with Crippen molar-refractivity contribution in [3.05, 3.63) is 41.6 Å². The van der Waals surface area contributed by atoms with Crippen LogP contribution in [0.25, 0.3) is 0 Å². The molecule has 0 aliphatic carbocycles. The van der Waals surface area contributed by atoms with Gasteiger partial charge in [-0.3, -0.25) is 0 Å². The van der Waals surface area contributed by atoms with E-state index in [9.17, 15) is 13.2 Å². The minimum Gasteiger partial charge on any atom is -0.207 e. The van der Waals surface area contributed by atoms with E-state index in [1.807, 2.05) is 0 Å². The largest absolute Gasteiger partial charge is 0.207 e. The Morgan fingerprint density at radius 1 is 1.18 bits per heavy atom. The van der Waals surface area contributed by atoms with Crippen LogP contribution < -0.4 is 0 Å². The lowest BCUT2D eigenvalue weighted by molar-refractivity contribution is 0.492. The Morgan fingerprint density at radius 2 is 1.82 bits per heavy atom. The van der Waals surface area contributed by atoms with Gasteiger partial charge in [0.25, 0.3) is 0 Å². The van der Waals surface area contributed by atoms with E-state index in [2.05, 4.69) is 0 Å². The Kier molecular flexibility index (Phi) is 1.86. The summed E-state index contributed by atoms with van der Waals surface area (Å²) in [6.45, 7) is 0. The lowest BCUT2D eigenvalue weighted by atomic mass is 10.2. The molecule has 0 N–H and O–H groups in total. The summed E-state index contributed by atoms with van der Waals surface area (Å²) in [7, 11) is 0. The zero-order valence-corrected chi connectivity index (χ0v) is 5.29. The summed E-state index contributed by atoms with van der Waals surface area (Å²) < 4.78 is 37.0. The van der Waals surface area contributed by atoms with Crippen molar-refractivity contribution in [2.75, 3.05) is 0 Å². The molecule has 0 unspecified atom stereocenters. The molecule has 0 fully saturated rings. The molecule has 3 heteroatoms. The molecule has 0 amide bonds. The third-order valence-corrected chi connectivity index (χ3v) is 1.13. The average Bonchev–Trinajstić information content (AvgIpc) is 1.96. The summed E-state index contributed by atoms with van der Waals surface area (Å²) >= 11 is 0. The Morgan fingerprint density at radius 3 is 2.36 bits per heavy atom. The molecule has 55 valence electrons. The maximum absolute atomic E-state index is 12.5. The van der Waals surface area contributed by atoms with E-state index in [4.69, 9.17) is 6.42 Å². The van der Waals surface area contributed by atoms with Crippen molar-refractivity contribution in [1.29, 1.82) is 0 Å². The maximum atomic E-state index is 12.5. The Balaban J connectivity index is 3.39. The lowest BCUT2D eigenvalue weighted by Gasteiger charge is -1.95. The van der Waals surface area contributed by atoms with Gasteiger partial charge in [0, 0.05) is 6.07 Å². The first-order valence-corrected chi connectivity index (χ1v) is 2.72. The smallest absolute Gasteiger partial charge is 0.174 e. The fourth-order valence-electron chi connectivity index (χ4n) is 0.647. The third kappa shape index (κ3) is 1.35. The van der Waals surface area contributed by atoms with E-state index in [1.54, 1.807) is 5.92 Å². The molecule has 0 atom stereocenters. The predicted octanol–water partition coefficient (Wildman–Crippen LogP) is 2.04. The summed E-state index contributed by atoms with van der Waals surface area (Å²) in [4.78, 5) is 0. The number of hydrogen-bond acceptors (Lipinski definition) is 0. The minimum atomic E-state index is -1.31. The molecule has 1 aromatic rings. The lowest BCUT2D eigenvalue weighted by Crippen LogP contribution is -1.91. The van der Waals surface area contributed by atoms with Crippen molar-refractivity contribution in [3.8, 4) is 5.92 Å². The summed E-state index contributed by atoms with van der Waals surface area (Å²) in [5, 5.41) is 0. The van der Waals surface area contributed by atoms with Crippen LogP contribution in [-0.4, -0.2) is 0 Å². The third-order valence-electron chi connectivity index (χ3n) is 1.13. The van der Waals surface area contributed by atoms with E-state index >= 15 is 0 Å². The van der Waals surface area contributed by atoms with Crippen molar-refractivity contribution in [2.45, 2.75) is 0 Å². The van der Waals surface area contributed by atoms with Crippen LogP contribution in [0.4, 0.5) is 13.2 Å². The van der Waals surface area contributed by atoms with Gasteiger partial charge < -0.3 is 0 Å². The van der Waals surface area contributed by atoms with Gasteiger partial charge in [0.05, 0.1) is 5.56 Å². The molecule has 11 heavy (non-hydrogen) atoms. The fraction of sp³-hybridized carbons (Fsp3) is 0. The minimum absolute atomic E-state index is 0.413. The van der Waals surface area contributed by atoms with Gasteiger partial charge >= 0.3 is 0 Å². The quantitative estimate of drug-likeness (QED) is 0.397. The van der Waals surface area contributed by atoms with Crippen LogP contribution in [-0.2, 0) is 0 Å². The van der Waals surface area contributed by atoms with Gasteiger partial charge in [0.1, 0.15) is 5.82 Å². The number of hydrogen-bond donors (Lipinski definition) is 0. The second-order valence-corrected chi connectivity index (χ2v) is 1.87. The van der Waals surface area contributed by atoms with Crippen LogP contribution in [0.1, 0.15) is 5.56 Å². The first-order valence-electron chi connectivity index (χ1n) is 2.72. The Hall–Kier alpha value is -1.43. The van der Waals surface area contributed by atoms with E-state index in [0.717, 1.165) is 0 Å². The van der Waals surface area contributed by atoms with Crippen LogP contribution in [0.3, 0.4) is 0 Å². The van der Waals surface area contributed by atoms with E-state index in [0.29, 0.717) is 12.1 Å². The van der Waals surface area contributed by atoms with Gasteiger partial charge in [-0.15, -0.1) is 0 Å².